The minimum absolute atomic E-state index is 0.313. The van der Waals surface area contributed by atoms with Crippen molar-refractivity contribution in [2.75, 3.05) is 7.11 Å². The second kappa shape index (κ2) is 7.45. The number of nitrogens with one attached hydrogen (secondary N) is 1. The molecule has 21 heavy (non-hydrogen) atoms. The molecule has 1 atom stereocenters. The number of carbonyl (C=O) groups excluding carboxylic acids is 2. The van der Waals surface area contributed by atoms with Gasteiger partial charge >= 0.3 is 12.1 Å². The average molecular weight is 358 g/mol. The van der Waals surface area contributed by atoms with Crippen molar-refractivity contribution in [3.05, 3.63) is 34.3 Å². The molecule has 0 aliphatic heterocycles. The molecular weight excluding hydrogens is 338 g/mol. The molecule has 0 aliphatic rings. The van der Waals surface area contributed by atoms with E-state index in [1.807, 2.05) is 24.3 Å². The largest absolute Gasteiger partial charge is 0.467 e. The first-order valence-electron chi connectivity index (χ1n) is 6.53. The number of benzene rings is 1. The van der Waals surface area contributed by atoms with Gasteiger partial charge < -0.3 is 14.8 Å². The van der Waals surface area contributed by atoms with Crippen LogP contribution in [0.25, 0.3) is 0 Å². The minimum atomic E-state index is -0.802. The standard InChI is InChI=1S/C15H20BrNO4/c1-15(2,3)21-14(19)17-12(13(18)20-4)9-10-7-5-6-8-11(10)16/h5-8,12H,9H2,1-4H3,(H,17,19). The van der Waals surface area contributed by atoms with Gasteiger partial charge in [0.05, 0.1) is 7.11 Å². The van der Waals surface area contributed by atoms with Crippen molar-refractivity contribution >= 4 is 28.0 Å². The van der Waals surface area contributed by atoms with Gasteiger partial charge in [0, 0.05) is 10.9 Å². The Labute approximate surface area is 133 Å². The van der Waals surface area contributed by atoms with Gasteiger partial charge in [-0.15, -0.1) is 0 Å². The van der Waals surface area contributed by atoms with Crippen molar-refractivity contribution in [1.29, 1.82) is 0 Å². The third-order valence-corrected chi connectivity index (χ3v) is 3.33. The van der Waals surface area contributed by atoms with Crippen LogP contribution in [0.3, 0.4) is 0 Å². The number of hydrogen-bond acceptors (Lipinski definition) is 4. The predicted octanol–water partition coefficient (Wildman–Crippen LogP) is 3.06. The predicted molar refractivity (Wildman–Crippen MR) is 83.0 cm³/mol. The Hall–Kier alpha value is -1.56. The van der Waals surface area contributed by atoms with E-state index in [2.05, 4.69) is 21.2 Å². The van der Waals surface area contributed by atoms with Crippen LogP contribution in [0.5, 0.6) is 0 Å². The fraction of sp³-hybridized carbons (Fsp3) is 0.467. The summed E-state index contributed by atoms with van der Waals surface area (Å²) in [7, 11) is 1.28. The van der Waals surface area contributed by atoms with Gasteiger partial charge in [0.15, 0.2) is 0 Å². The molecule has 1 aromatic rings. The molecular formula is C15H20BrNO4. The molecule has 0 heterocycles. The third-order valence-electron chi connectivity index (χ3n) is 2.56. The lowest BCUT2D eigenvalue weighted by Gasteiger charge is -2.22. The van der Waals surface area contributed by atoms with Crippen molar-refractivity contribution in [3.63, 3.8) is 0 Å². The highest BCUT2D eigenvalue weighted by molar-refractivity contribution is 9.10. The normalized spacial score (nSPS) is 12.4. The number of carbonyl (C=O) groups is 2. The van der Waals surface area contributed by atoms with Crippen LogP contribution < -0.4 is 5.32 Å². The van der Waals surface area contributed by atoms with Crippen LogP contribution in [0.1, 0.15) is 26.3 Å². The van der Waals surface area contributed by atoms with E-state index in [9.17, 15) is 9.59 Å². The second-order valence-electron chi connectivity index (χ2n) is 5.52. The van der Waals surface area contributed by atoms with Gasteiger partial charge in [-0.3, -0.25) is 0 Å². The highest BCUT2D eigenvalue weighted by atomic mass is 79.9. The number of rotatable bonds is 4. The van der Waals surface area contributed by atoms with Gasteiger partial charge in [0.25, 0.3) is 0 Å². The first-order valence-corrected chi connectivity index (χ1v) is 7.33. The van der Waals surface area contributed by atoms with Gasteiger partial charge in [-0.2, -0.15) is 0 Å². The first-order chi connectivity index (χ1) is 9.73. The molecule has 116 valence electrons. The van der Waals surface area contributed by atoms with Crippen LogP contribution in [0.15, 0.2) is 28.7 Å². The molecule has 0 fully saturated rings. The number of hydrogen-bond donors (Lipinski definition) is 1. The van der Waals surface area contributed by atoms with E-state index in [4.69, 9.17) is 9.47 Å². The maximum absolute atomic E-state index is 11.8. The molecule has 0 saturated carbocycles. The monoisotopic (exact) mass is 357 g/mol. The molecule has 0 aromatic heterocycles. The highest BCUT2D eigenvalue weighted by Crippen LogP contribution is 2.18. The number of alkyl carbamates (subject to hydrolysis) is 1. The van der Waals surface area contributed by atoms with Gasteiger partial charge in [0.1, 0.15) is 11.6 Å². The van der Waals surface area contributed by atoms with E-state index < -0.39 is 23.7 Å². The molecule has 0 spiro atoms. The molecule has 6 heteroatoms. The Balaban J connectivity index is 2.80. The summed E-state index contributed by atoms with van der Waals surface area (Å²) in [6.45, 7) is 5.27. The number of ether oxygens (including phenoxy) is 2. The quantitative estimate of drug-likeness (QED) is 0.841. The smallest absolute Gasteiger partial charge is 0.408 e. The summed E-state index contributed by atoms with van der Waals surface area (Å²) in [5.74, 6) is -0.517. The van der Waals surface area contributed by atoms with Crippen LogP contribution in [0.2, 0.25) is 0 Å². The summed E-state index contributed by atoms with van der Waals surface area (Å²) in [6, 6.07) is 6.68. The molecule has 0 bridgehead atoms. The molecule has 0 radical (unpaired) electrons. The lowest BCUT2D eigenvalue weighted by Crippen LogP contribution is -2.45. The maximum Gasteiger partial charge on any atom is 0.408 e. The molecule has 1 rings (SSSR count). The van der Waals surface area contributed by atoms with Gasteiger partial charge in [-0.05, 0) is 32.4 Å². The van der Waals surface area contributed by atoms with Crippen LogP contribution in [-0.4, -0.2) is 30.8 Å². The SMILES string of the molecule is COC(=O)C(Cc1ccccc1Br)NC(=O)OC(C)(C)C. The van der Waals surface area contributed by atoms with E-state index in [0.717, 1.165) is 10.0 Å². The van der Waals surface area contributed by atoms with E-state index in [1.165, 1.54) is 7.11 Å². The fourth-order valence-corrected chi connectivity index (χ4v) is 2.12. The Morgan fingerprint density at radius 2 is 1.90 bits per heavy atom. The Bertz CT molecular complexity index is 511. The van der Waals surface area contributed by atoms with E-state index in [-0.39, 0.29) is 0 Å². The van der Waals surface area contributed by atoms with E-state index in [1.54, 1.807) is 20.8 Å². The maximum atomic E-state index is 11.8. The number of halogens is 1. The molecule has 1 N–H and O–H groups in total. The number of methoxy groups -OCH3 is 1. The van der Waals surface area contributed by atoms with Crippen LogP contribution in [0, 0.1) is 0 Å². The summed E-state index contributed by atoms with van der Waals surface area (Å²) >= 11 is 3.41. The lowest BCUT2D eigenvalue weighted by molar-refractivity contribution is -0.143. The van der Waals surface area contributed by atoms with Crippen LogP contribution in [0.4, 0.5) is 4.79 Å². The second-order valence-corrected chi connectivity index (χ2v) is 6.37. The van der Waals surface area contributed by atoms with Gasteiger partial charge in [0.2, 0.25) is 0 Å². The molecule has 0 aliphatic carbocycles. The summed E-state index contributed by atoms with van der Waals surface area (Å²) in [5.41, 5.74) is 0.266. The van der Waals surface area contributed by atoms with E-state index >= 15 is 0 Å². The van der Waals surface area contributed by atoms with Crippen LogP contribution in [-0.2, 0) is 20.7 Å². The zero-order valence-electron chi connectivity index (χ0n) is 12.6. The third kappa shape index (κ3) is 6.16. The summed E-state index contributed by atoms with van der Waals surface area (Å²) in [5, 5.41) is 2.54. The summed E-state index contributed by atoms with van der Waals surface area (Å²) in [4.78, 5) is 23.6. The Kier molecular flexibility index (Phi) is 6.20. The summed E-state index contributed by atoms with van der Waals surface area (Å²) < 4.78 is 10.8. The average Bonchev–Trinajstić information content (AvgIpc) is 2.37. The van der Waals surface area contributed by atoms with E-state index in [0.29, 0.717) is 6.42 Å². The highest BCUT2D eigenvalue weighted by Gasteiger charge is 2.25. The number of esters is 1. The van der Waals surface area contributed by atoms with Crippen molar-refractivity contribution in [2.45, 2.75) is 38.8 Å². The summed E-state index contributed by atoms with van der Waals surface area (Å²) in [6.07, 6.45) is -0.335. The van der Waals surface area contributed by atoms with Gasteiger partial charge in [-0.1, -0.05) is 34.1 Å². The van der Waals surface area contributed by atoms with Crippen LogP contribution >= 0.6 is 15.9 Å². The number of amides is 1. The zero-order chi connectivity index (χ0) is 16.0. The first kappa shape index (κ1) is 17.5. The molecule has 1 amide bonds. The van der Waals surface area contributed by atoms with Gasteiger partial charge in [-0.25, -0.2) is 9.59 Å². The molecule has 5 nitrogen and oxygen atoms in total. The molecule has 0 saturated heterocycles. The molecule has 1 aromatic carbocycles. The van der Waals surface area contributed by atoms with Crippen molar-refractivity contribution in [3.8, 4) is 0 Å². The zero-order valence-corrected chi connectivity index (χ0v) is 14.2. The Morgan fingerprint density at radius 3 is 2.43 bits per heavy atom. The van der Waals surface area contributed by atoms with Crippen molar-refractivity contribution in [2.24, 2.45) is 0 Å². The Morgan fingerprint density at radius 1 is 1.29 bits per heavy atom. The minimum Gasteiger partial charge on any atom is -0.467 e. The molecule has 1 unspecified atom stereocenters. The van der Waals surface area contributed by atoms with Crippen molar-refractivity contribution in [1.82, 2.24) is 5.32 Å². The topological polar surface area (TPSA) is 64.6 Å². The fourth-order valence-electron chi connectivity index (χ4n) is 1.67. The van der Waals surface area contributed by atoms with Crippen molar-refractivity contribution < 1.29 is 19.1 Å². The lowest BCUT2D eigenvalue weighted by atomic mass is 10.1.